The molecule has 2 aromatic rings. The van der Waals surface area contributed by atoms with Crippen LogP contribution in [0.25, 0.3) is 0 Å². The summed E-state index contributed by atoms with van der Waals surface area (Å²) in [6.07, 6.45) is 19.0. The predicted octanol–water partition coefficient (Wildman–Crippen LogP) is 10.4. The molecule has 0 aromatic heterocycles. The fourth-order valence-electron chi connectivity index (χ4n) is 4.09. The molecule has 6 heteroatoms. The monoisotopic (exact) mass is 528 g/mol. The van der Waals surface area contributed by atoms with Crippen LogP contribution in [0.5, 0.6) is 5.75 Å². The molecule has 0 heterocycles. The number of ether oxygens (including phenoxy) is 2. The molecule has 0 spiro atoms. The van der Waals surface area contributed by atoms with Crippen molar-refractivity contribution >= 4 is 28.9 Å². The van der Waals surface area contributed by atoms with Crippen molar-refractivity contribution in [1.29, 1.82) is 0 Å². The zero-order valence-electron chi connectivity index (χ0n) is 22.6. The molecule has 0 bridgehead atoms. The Kier molecular flexibility index (Phi) is 17.2. The van der Waals surface area contributed by atoms with E-state index in [9.17, 15) is 4.79 Å². The predicted molar refractivity (Wildman–Crippen MR) is 154 cm³/mol. The highest BCUT2D eigenvalue weighted by Crippen LogP contribution is 2.22. The summed E-state index contributed by atoms with van der Waals surface area (Å²) in [5.74, 6) is 0.740. The van der Waals surface area contributed by atoms with Gasteiger partial charge in [-0.1, -0.05) is 90.4 Å². The Balaban J connectivity index is 1.50. The number of esters is 1. The number of carbonyl (C=O) groups excluding carboxylic acids is 1. The van der Waals surface area contributed by atoms with Gasteiger partial charge in [-0.3, -0.25) is 0 Å². The summed E-state index contributed by atoms with van der Waals surface area (Å²) < 4.78 is 10.9. The first-order chi connectivity index (χ1) is 18.2. The summed E-state index contributed by atoms with van der Waals surface area (Å²) in [6.45, 7) is 3.22. The SMILES string of the molecule is CCCCCCCCCCCCCCCCOc1ccc(N=Nc2ccc(C(=O)OCCCl)cc2)cc1. The van der Waals surface area contributed by atoms with Crippen LogP contribution in [0.1, 0.15) is 107 Å². The van der Waals surface area contributed by atoms with Crippen LogP contribution in [-0.4, -0.2) is 25.1 Å². The van der Waals surface area contributed by atoms with Crippen LogP contribution in [-0.2, 0) is 4.74 Å². The van der Waals surface area contributed by atoms with Gasteiger partial charge in [-0.05, 0) is 55.0 Å². The molecule has 0 saturated heterocycles. The fraction of sp³-hybridized carbons (Fsp3) is 0.581. The molecular formula is C31H45ClN2O3. The van der Waals surface area contributed by atoms with Gasteiger partial charge in [-0.2, -0.15) is 10.2 Å². The van der Waals surface area contributed by atoms with Crippen LogP contribution < -0.4 is 4.74 Å². The maximum Gasteiger partial charge on any atom is 0.338 e. The van der Waals surface area contributed by atoms with E-state index in [4.69, 9.17) is 21.1 Å². The molecule has 0 aliphatic heterocycles. The van der Waals surface area contributed by atoms with E-state index in [2.05, 4.69) is 17.2 Å². The smallest absolute Gasteiger partial charge is 0.338 e. The minimum atomic E-state index is -0.395. The number of halogens is 1. The van der Waals surface area contributed by atoms with Gasteiger partial charge in [0.25, 0.3) is 0 Å². The molecule has 0 saturated carbocycles. The van der Waals surface area contributed by atoms with Gasteiger partial charge >= 0.3 is 5.97 Å². The van der Waals surface area contributed by atoms with Crippen molar-refractivity contribution in [2.75, 3.05) is 19.1 Å². The van der Waals surface area contributed by atoms with Crippen molar-refractivity contribution in [3.8, 4) is 5.75 Å². The lowest BCUT2D eigenvalue weighted by atomic mass is 10.0. The minimum Gasteiger partial charge on any atom is -0.494 e. The number of carbonyl (C=O) groups is 1. The molecule has 0 amide bonds. The maximum atomic E-state index is 11.8. The van der Waals surface area contributed by atoms with Crippen molar-refractivity contribution in [3.05, 3.63) is 54.1 Å². The van der Waals surface area contributed by atoms with Gasteiger partial charge in [0.05, 0.1) is 29.4 Å². The summed E-state index contributed by atoms with van der Waals surface area (Å²) in [7, 11) is 0. The standard InChI is InChI=1S/C31H45ClN2O3/c1-2-3-4-5-6-7-8-9-10-11-12-13-14-15-25-36-30-22-20-29(21-23-30)34-33-28-18-16-27(17-19-28)31(35)37-26-24-32/h16-23H,2-15,24-26H2,1H3. The number of rotatable bonds is 21. The number of benzene rings is 2. The Hall–Kier alpha value is -2.40. The lowest BCUT2D eigenvalue weighted by Gasteiger charge is -2.06. The highest BCUT2D eigenvalue weighted by molar-refractivity contribution is 6.18. The van der Waals surface area contributed by atoms with Crippen LogP contribution in [0.2, 0.25) is 0 Å². The molecular weight excluding hydrogens is 484 g/mol. The number of alkyl halides is 1. The molecule has 0 fully saturated rings. The molecule has 0 unspecified atom stereocenters. The first-order valence-corrected chi connectivity index (χ1v) is 14.7. The molecule has 0 aliphatic rings. The van der Waals surface area contributed by atoms with Gasteiger partial charge in [0.1, 0.15) is 12.4 Å². The molecule has 204 valence electrons. The van der Waals surface area contributed by atoms with Gasteiger partial charge in [0.2, 0.25) is 0 Å². The number of hydrogen-bond acceptors (Lipinski definition) is 5. The van der Waals surface area contributed by atoms with Crippen LogP contribution in [0.4, 0.5) is 11.4 Å². The summed E-state index contributed by atoms with van der Waals surface area (Å²) in [4.78, 5) is 11.8. The van der Waals surface area contributed by atoms with Crippen molar-refractivity contribution in [3.63, 3.8) is 0 Å². The summed E-state index contributed by atoms with van der Waals surface area (Å²) >= 11 is 5.53. The summed E-state index contributed by atoms with van der Waals surface area (Å²) in [6, 6.07) is 14.4. The van der Waals surface area contributed by atoms with Gasteiger partial charge in [-0.25, -0.2) is 4.79 Å². The van der Waals surface area contributed by atoms with Gasteiger partial charge in [0, 0.05) is 0 Å². The second kappa shape index (κ2) is 20.6. The van der Waals surface area contributed by atoms with Crippen molar-refractivity contribution in [1.82, 2.24) is 0 Å². The average molecular weight is 529 g/mol. The molecule has 0 atom stereocenters. The highest BCUT2D eigenvalue weighted by Gasteiger charge is 2.06. The number of azo groups is 1. The number of unbranched alkanes of at least 4 members (excludes halogenated alkanes) is 13. The van der Waals surface area contributed by atoms with E-state index in [1.54, 1.807) is 24.3 Å². The third kappa shape index (κ3) is 14.8. The van der Waals surface area contributed by atoms with E-state index in [0.29, 0.717) is 11.3 Å². The lowest BCUT2D eigenvalue weighted by molar-refractivity contribution is 0.0529. The molecule has 2 rings (SSSR count). The zero-order valence-corrected chi connectivity index (χ0v) is 23.4. The van der Waals surface area contributed by atoms with E-state index in [0.717, 1.165) is 24.5 Å². The van der Waals surface area contributed by atoms with E-state index in [1.165, 1.54) is 83.5 Å². The van der Waals surface area contributed by atoms with Crippen LogP contribution in [0.3, 0.4) is 0 Å². The zero-order chi connectivity index (χ0) is 26.4. The second-order valence-corrected chi connectivity index (χ2v) is 9.89. The van der Waals surface area contributed by atoms with E-state index in [1.807, 2.05) is 24.3 Å². The van der Waals surface area contributed by atoms with Crippen LogP contribution in [0.15, 0.2) is 58.8 Å². The Bertz CT molecular complexity index is 869. The largest absolute Gasteiger partial charge is 0.494 e. The molecule has 2 aromatic carbocycles. The molecule has 37 heavy (non-hydrogen) atoms. The normalized spacial score (nSPS) is 11.2. The highest BCUT2D eigenvalue weighted by atomic mass is 35.5. The van der Waals surface area contributed by atoms with E-state index >= 15 is 0 Å². The quantitative estimate of drug-likeness (QED) is 0.0700. The first kappa shape index (κ1) is 30.8. The molecule has 0 N–H and O–H groups in total. The van der Waals surface area contributed by atoms with E-state index < -0.39 is 5.97 Å². The summed E-state index contributed by atoms with van der Waals surface area (Å²) in [5.41, 5.74) is 1.87. The molecule has 5 nitrogen and oxygen atoms in total. The van der Waals surface area contributed by atoms with Gasteiger partial charge in [-0.15, -0.1) is 11.6 Å². The van der Waals surface area contributed by atoms with Gasteiger partial charge < -0.3 is 9.47 Å². The Morgan fingerprint density at radius 1 is 0.649 bits per heavy atom. The Morgan fingerprint density at radius 3 is 1.59 bits per heavy atom. The summed E-state index contributed by atoms with van der Waals surface area (Å²) in [5, 5.41) is 8.48. The minimum absolute atomic E-state index is 0.195. The van der Waals surface area contributed by atoms with Gasteiger partial charge in [0.15, 0.2) is 0 Å². The maximum absolute atomic E-state index is 11.8. The lowest BCUT2D eigenvalue weighted by Crippen LogP contribution is -2.06. The fourth-order valence-corrected chi connectivity index (χ4v) is 4.17. The van der Waals surface area contributed by atoms with Crippen molar-refractivity contribution < 1.29 is 14.3 Å². The average Bonchev–Trinajstić information content (AvgIpc) is 2.93. The van der Waals surface area contributed by atoms with Crippen LogP contribution in [0, 0.1) is 0 Å². The Labute approximate surface area is 229 Å². The molecule has 0 aliphatic carbocycles. The first-order valence-electron chi connectivity index (χ1n) is 14.2. The topological polar surface area (TPSA) is 60.2 Å². The van der Waals surface area contributed by atoms with E-state index in [-0.39, 0.29) is 12.5 Å². The van der Waals surface area contributed by atoms with Crippen LogP contribution >= 0.6 is 11.6 Å². The van der Waals surface area contributed by atoms with Crippen molar-refractivity contribution in [2.45, 2.75) is 96.8 Å². The van der Waals surface area contributed by atoms with Crippen molar-refractivity contribution in [2.24, 2.45) is 10.2 Å². The molecule has 0 radical (unpaired) electrons. The number of hydrogen-bond donors (Lipinski definition) is 0. The second-order valence-electron chi connectivity index (χ2n) is 9.51. The Morgan fingerprint density at radius 2 is 1.11 bits per heavy atom. The number of nitrogens with zero attached hydrogens (tertiary/aromatic N) is 2. The third-order valence-corrected chi connectivity index (χ3v) is 6.45. The third-order valence-electron chi connectivity index (χ3n) is 6.30.